The molecule has 0 atom stereocenters. The van der Waals surface area contributed by atoms with Crippen molar-refractivity contribution in [3.05, 3.63) is 24.3 Å². The molecule has 0 aliphatic heterocycles. The van der Waals surface area contributed by atoms with Crippen molar-refractivity contribution in [2.45, 2.75) is 23.7 Å². The van der Waals surface area contributed by atoms with Crippen molar-refractivity contribution < 1.29 is 21.6 Å². The molecule has 1 aromatic rings. The number of likely N-dealkylation sites (N-methyl/N-ethyl adjacent to an activating group) is 1. The molecular formula is C13H19F3N2O2S. The van der Waals surface area contributed by atoms with Crippen LogP contribution in [0, 0.1) is 0 Å². The number of benzene rings is 1. The molecule has 0 spiro atoms. The van der Waals surface area contributed by atoms with Gasteiger partial charge in [0, 0.05) is 20.1 Å². The average molecular weight is 324 g/mol. The van der Waals surface area contributed by atoms with Gasteiger partial charge >= 0.3 is 5.51 Å². The molecule has 120 valence electrons. The Bertz CT molecular complexity index is 559. The van der Waals surface area contributed by atoms with Crippen molar-refractivity contribution in [2.24, 2.45) is 0 Å². The Kier molecular flexibility index (Phi) is 6.03. The minimum Gasteiger partial charge on any atom is -0.372 e. The first-order valence-corrected chi connectivity index (χ1v) is 8.02. The van der Waals surface area contributed by atoms with Crippen LogP contribution >= 0.6 is 0 Å². The van der Waals surface area contributed by atoms with E-state index in [0.717, 1.165) is 19.0 Å². The lowest BCUT2D eigenvalue weighted by Gasteiger charge is -2.23. The van der Waals surface area contributed by atoms with Gasteiger partial charge < -0.3 is 10.2 Å². The van der Waals surface area contributed by atoms with Crippen molar-refractivity contribution in [2.75, 3.05) is 31.6 Å². The second-order valence-corrected chi connectivity index (χ2v) is 6.50. The minimum absolute atomic E-state index is 0.0492. The van der Waals surface area contributed by atoms with Crippen molar-refractivity contribution >= 4 is 15.5 Å². The molecule has 4 nitrogen and oxygen atoms in total. The zero-order chi connectivity index (χ0) is 16.1. The zero-order valence-electron chi connectivity index (χ0n) is 11.9. The molecule has 0 unspecified atom stereocenters. The third-order valence-electron chi connectivity index (χ3n) is 2.92. The lowest BCUT2D eigenvalue weighted by Crippen LogP contribution is -2.31. The highest BCUT2D eigenvalue weighted by molar-refractivity contribution is 7.92. The van der Waals surface area contributed by atoms with E-state index < -0.39 is 20.2 Å². The molecule has 8 heteroatoms. The molecule has 0 aliphatic rings. The summed E-state index contributed by atoms with van der Waals surface area (Å²) in [5, 5.41) is 3.11. The number of nitrogens with one attached hydrogen (secondary N) is 1. The topological polar surface area (TPSA) is 49.4 Å². The lowest BCUT2D eigenvalue weighted by atomic mass is 10.3. The Morgan fingerprint density at radius 2 is 1.81 bits per heavy atom. The number of rotatable bonds is 7. The molecule has 0 aromatic heterocycles. The first-order chi connectivity index (χ1) is 9.71. The highest BCUT2D eigenvalue weighted by atomic mass is 32.2. The fraction of sp³-hybridized carbons (Fsp3) is 0.538. The normalized spacial score (nSPS) is 12.4. The highest BCUT2D eigenvalue weighted by Gasteiger charge is 2.48. The van der Waals surface area contributed by atoms with Gasteiger partial charge in [-0.15, -0.1) is 0 Å². The predicted octanol–water partition coefficient (Wildman–Crippen LogP) is 2.42. The second kappa shape index (κ2) is 7.13. The summed E-state index contributed by atoms with van der Waals surface area (Å²) >= 11 is 0. The lowest BCUT2D eigenvalue weighted by molar-refractivity contribution is -0.0435. The van der Waals surface area contributed by atoms with Gasteiger partial charge in [0.2, 0.25) is 0 Å². The van der Waals surface area contributed by atoms with Crippen LogP contribution in [0.15, 0.2) is 29.2 Å². The summed E-state index contributed by atoms with van der Waals surface area (Å²) in [6.45, 7) is 3.77. The number of anilines is 1. The van der Waals surface area contributed by atoms with Crippen molar-refractivity contribution in [3.8, 4) is 0 Å². The van der Waals surface area contributed by atoms with Gasteiger partial charge in [-0.3, -0.25) is 0 Å². The largest absolute Gasteiger partial charge is 0.501 e. The third kappa shape index (κ3) is 4.34. The molecule has 0 saturated heterocycles. The van der Waals surface area contributed by atoms with Crippen molar-refractivity contribution in [1.82, 2.24) is 5.32 Å². The molecule has 0 saturated carbocycles. The van der Waals surface area contributed by atoms with E-state index in [1.54, 1.807) is 7.05 Å². The zero-order valence-corrected chi connectivity index (χ0v) is 12.8. The van der Waals surface area contributed by atoms with Crippen molar-refractivity contribution in [3.63, 3.8) is 0 Å². The van der Waals surface area contributed by atoms with E-state index in [9.17, 15) is 21.6 Å². The Balaban J connectivity index is 3.00. The molecule has 0 aliphatic carbocycles. The summed E-state index contributed by atoms with van der Waals surface area (Å²) in [6.07, 6.45) is 0.947. The Morgan fingerprint density at radius 1 is 1.19 bits per heavy atom. The maximum Gasteiger partial charge on any atom is 0.501 e. The van der Waals surface area contributed by atoms with Gasteiger partial charge in [-0.25, -0.2) is 8.42 Å². The standard InChI is InChI=1S/C13H19F3N2O2S/c1-3-8-17-9-10-18(2)11-6-4-5-7-12(11)21(19,20)13(14,15)16/h4-7,17H,3,8-10H2,1-2H3. The molecule has 1 aromatic carbocycles. The van der Waals surface area contributed by atoms with Gasteiger partial charge in [-0.1, -0.05) is 19.1 Å². The predicted molar refractivity (Wildman–Crippen MR) is 76.1 cm³/mol. The van der Waals surface area contributed by atoms with Crippen LogP contribution in [0.1, 0.15) is 13.3 Å². The molecule has 0 bridgehead atoms. The van der Waals surface area contributed by atoms with Crippen molar-refractivity contribution in [1.29, 1.82) is 0 Å². The summed E-state index contributed by atoms with van der Waals surface area (Å²) in [5.74, 6) is 0. The van der Waals surface area contributed by atoms with E-state index in [1.165, 1.54) is 23.1 Å². The van der Waals surface area contributed by atoms with Crippen LogP contribution in [0.2, 0.25) is 0 Å². The molecule has 0 radical (unpaired) electrons. The molecular weight excluding hydrogens is 305 g/mol. The summed E-state index contributed by atoms with van der Waals surface area (Å²) in [7, 11) is -3.78. The Hall–Kier alpha value is -1.28. The van der Waals surface area contributed by atoms with E-state index in [-0.39, 0.29) is 5.69 Å². The average Bonchev–Trinajstić information content (AvgIpc) is 2.42. The summed E-state index contributed by atoms with van der Waals surface area (Å²) in [6, 6.07) is 5.15. The third-order valence-corrected chi connectivity index (χ3v) is 4.46. The number of sulfone groups is 1. The quantitative estimate of drug-likeness (QED) is 0.783. The summed E-state index contributed by atoms with van der Waals surface area (Å²) in [5.41, 5.74) is -5.25. The summed E-state index contributed by atoms with van der Waals surface area (Å²) in [4.78, 5) is 0.789. The first kappa shape index (κ1) is 17.8. The monoisotopic (exact) mass is 324 g/mol. The molecule has 21 heavy (non-hydrogen) atoms. The van der Waals surface area contributed by atoms with Gasteiger partial charge in [0.25, 0.3) is 9.84 Å². The molecule has 1 rings (SSSR count). The maximum absolute atomic E-state index is 12.7. The van der Waals surface area contributed by atoms with E-state index >= 15 is 0 Å². The van der Waals surface area contributed by atoms with Crippen LogP contribution in [-0.2, 0) is 9.84 Å². The van der Waals surface area contributed by atoms with Crippen LogP contribution < -0.4 is 10.2 Å². The van der Waals surface area contributed by atoms with Crippen LogP contribution in [0.25, 0.3) is 0 Å². The number of nitrogens with zero attached hydrogens (tertiary/aromatic N) is 1. The fourth-order valence-corrected chi connectivity index (χ4v) is 2.80. The number of halogens is 3. The Morgan fingerprint density at radius 3 is 2.38 bits per heavy atom. The van der Waals surface area contributed by atoms with E-state index in [0.29, 0.717) is 13.1 Å². The number of alkyl halides is 3. The van der Waals surface area contributed by atoms with Gasteiger partial charge in [-0.05, 0) is 25.1 Å². The molecule has 0 fully saturated rings. The van der Waals surface area contributed by atoms with Crippen LogP contribution in [0.3, 0.4) is 0 Å². The van der Waals surface area contributed by atoms with Gasteiger partial charge in [0.05, 0.1) is 10.6 Å². The number of hydrogen-bond acceptors (Lipinski definition) is 4. The first-order valence-electron chi connectivity index (χ1n) is 6.54. The van der Waals surface area contributed by atoms with Crippen LogP contribution in [0.5, 0.6) is 0 Å². The highest BCUT2D eigenvalue weighted by Crippen LogP contribution is 2.35. The maximum atomic E-state index is 12.7. The summed E-state index contributed by atoms with van der Waals surface area (Å²) < 4.78 is 61.3. The van der Waals surface area contributed by atoms with E-state index in [1.807, 2.05) is 6.92 Å². The molecule has 1 N–H and O–H groups in total. The number of hydrogen-bond donors (Lipinski definition) is 1. The number of para-hydroxylation sites is 1. The van der Waals surface area contributed by atoms with Gasteiger partial charge in [0.1, 0.15) is 0 Å². The molecule has 0 amide bonds. The Labute approximate surface area is 122 Å². The van der Waals surface area contributed by atoms with Crippen LogP contribution in [-0.4, -0.2) is 40.6 Å². The van der Waals surface area contributed by atoms with Crippen LogP contribution in [0.4, 0.5) is 18.9 Å². The molecule has 0 heterocycles. The van der Waals surface area contributed by atoms with Gasteiger partial charge in [-0.2, -0.15) is 13.2 Å². The van der Waals surface area contributed by atoms with E-state index in [4.69, 9.17) is 0 Å². The smallest absolute Gasteiger partial charge is 0.372 e. The van der Waals surface area contributed by atoms with E-state index in [2.05, 4.69) is 5.32 Å². The minimum atomic E-state index is -5.35. The SMILES string of the molecule is CCCNCCN(C)c1ccccc1S(=O)(=O)C(F)(F)F. The fourth-order valence-electron chi connectivity index (χ4n) is 1.79. The second-order valence-electron chi connectivity index (χ2n) is 4.59. The van der Waals surface area contributed by atoms with Gasteiger partial charge in [0.15, 0.2) is 0 Å².